The van der Waals surface area contributed by atoms with Crippen molar-refractivity contribution in [2.24, 2.45) is 0 Å². The second-order valence-corrected chi connectivity index (χ2v) is 5.60. The maximum Gasteiger partial charge on any atom is 0.229 e. The number of carbonyl (C=O) groups excluding carboxylic acids is 1. The first kappa shape index (κ1) is 14.1. The molecule has 0 saturated carbocycles. The van der Waals surface area contributed by atoms with Crippen LogP contribution in [0.4, 0.5) is 0 Å². The molecule has 0 saturated heterocycles. The van der Waals surface area contributed by atoms with Crippen molar-refractivity contribution in [2.45, 2.75) is 19.0 Å². The average Bonchev–Trinajstić information content (AvgIpc) is 2.53. The van der Waals surface area contributed by atoms with Crippen LogP contribution in [0.5, 0.6) is 0 Å². The lowest BCUT2D eigenvalue weighted by Crippen LogP contribution is -2.38. The first-order valence-electron chi connectivity index (χ1n) is 7.05. The number of rotatable bonds is 3. The van der Waals surface area contributed by atoms with Crippen molar-refractivity contribution in [3.63, 3.8) is 0 Å². The monoisotopic (exact) mass is 300 g/mol. The minimum Gasteiger partial charge on any atom is -0.351 e. The molecular weight excluding hydrogens is 284 g/mol. The Kier molecular flexibility index (Phi) is 4.23. The zero-order valence-corrected chi connectivity index (χ0v) is 12.4. The molecule has 4 heteroatoms. The highest BCUT2D eigenvalue weighted by Crippen LogP contribution is 2.24. The summed E-state index contributed by atoms with van der Waals surface area (Å²) in [6, 6.07) is 15.7. The number of halogens is 1. The van der Waals surface area contributed by atoms with E-state index in [1.165, 1.54) is 5.56 Å². The first-order chi connectivity index (χ1) is 10.3. The number of benzene rings is 2. The summed E-state index contributed by atoms with van der Waals surface area (Å²) < 4.78 is 0. The van der Waals surface area contributed by atoms with E-state index in [0.717, 1.165) is 17.7 Å². The lowest BCUT2D eigenvalue weighted by molar-refractivity contribution is -0.122. The van der Waals surface area contributed by atoms with Crippen molar-refractivity contribution in [1.82, 2.24) is 10.6 Å². The second-order valence-electron chi connectivity index (χ2n) is 5.19. The summed E-state index contributed by atoms with van der Waals surface area (Å²) in [4.78, 5) is 12.5. The molecule has 108 valence electrons. The number of nitrogens with one attached hydrogen (secondary N) is 2. The summed E-state index contributed by atoms with van der Waals surface area (Å²) in [5.74, 6) is -0.105. The van der Waals surface area contributed by atoms with Gasteiger partial charge in [0.05, 0.1) is 5.92 Å². The molecule has 1 unspecified atom stereocenters. The van der Waals surface area contributed by atoms with E-state index >= 15 is 0 Å². The van der Waals surface area contributed by atoms with Gasteiger partial charge in [-0.2, -0.15) is 0 Å². The molecule has 21 heavy (non-hydrogen) atoms. The Morgan fingerprint density at radius 2 is 1.95 bits per heavy atom. The zero-order chi connectivity index (χ0) is 14.7. The van der Waals surface area contributed by atoms with Crippen molar-refractivity contribution in [1.29, 1.82) is 0 Å². The average molecular weight is 301 g/mol. The maximum atomic E-state index is 12.5. The second kappa shape index (κ2) is 6.29. The van der Waals surface area contributed by atoms with E-state index in [9.17, 15) is 4.79 Å². The molecule has 3 nitrogen and oxygen atoms in total. The molecule has 0 aliphatic carbocycles. The van der Waals surface area contributed by atoms with Gasteiger partial charge in [-0.1, -0.05) is 54.1 Å². The Morgan fingerprint density at radius 1 is 1.19 bits per heavy atom. The summed E-state index contributed by atoms with van der Waals surface area (Å²) in [6.45, 7) is 1.95. The molecule has 1 aliphatic heterocycles. The smallest absolute Gasteiger partial charge is 0.229 e. The van der Waals surface area contributed by atoms with Crippen LogP contribution in [0.3, 0.4) is 0 Å². The molecule has 3 rings (SSSR count). The van der Waals surface area contributed by atoms with E-state index < -0.39 is 0 Å². The van der Waals surface area contributed by atoms with Gasteiger partial charge in [-0.15, -0.1) is 0 Å². The van der Waals surface area contributed by atoms with Crippen LogP contribution >= 0.6 is 11.6 Å². The fraction of sp³-hybridized carbons (Fsp3) is 0.235. The Morgan fingerprint density at radius 3 is 2.81 bits per heavy atom. The van der Waals surface area contributed by atoms with Gasteiger partial charge < -0.3 is 10.6 Å². The minimum atomic E-state index is -0.141. The third kappa shape index (κ3) is 3.09. The summed E-state index contributed by atoms with van der Waals surface area (Å²) in [6.07, 6.45) is 0. The summed E-state index contributed by atoms with van der Waals surface area (Å²) in [7, 11) is 0. The van der Waals surface area contributed by atoms with Crippen molar-refractivity contribution in [3.05, 3.63) is 70.2 Å². The SMILES string of the molecule is O=C(NCc1ccccc1Cl)C1CNCc2ccccc21. The third-order valence-corrected chi connectivity index (χ3v) is 4.19. The molecule has 0 spiro atoms. The fourth-order valence-corrected chi connectivity index (χ4v) is 2.88. The molecule has 2 aromatic carbocycles. The van der Waals surface area contributed by atoms with Gasteiger partial charge in [-0.25, -0.2) is 0 Å². The molecule has 1 amide bonds. The van der Waals surface area contributed by atoms with Gasteiger partial charge in [0, 0.05) is 24.7 Å². The van der Waals surface area contributed by atoms with Crippen LogP contribution in [-0.4, -0.2) is 12.5 Å². The zero-order valence-electron chi connectivity index (χ0n) is 11.6. The molecule has 1 heterocycles. The van der Waals surface area contributed by atoms with Gasteiger partial charge >= 0.3 is 0 Å². The van der Waals surface area contributed by atoms with Crippen molar-refractivity contribution in [2.75, 3.05) is 6.54 Å². The summed E-state index contributed by atoms with van der Waals surface area (Å²) in [5.41, 5.74) is 3.25. The molecule has 0 radical (unpaired) electrons. The Balaban J connectivity index is 1.71. The Labute approximate surface area is 129 Å². The van der Waals surface area contributed by atoms with E-state index in [0.29, 0.717) is 18.1 Å². The van der Waals surface area contributed by atoms with E-state index in [1.807, 2.05) is 42.5 Å². The normalized spacial score (nSPS) is 17.1. The van der Waals surface area contributed by atoms with Crippen LogP contribution < -0.4 is 10.6 Å². The highest BCUT2D eigenvalue weighted by atomic mass is 35.5. The van der Waals surface area contributed by atoms with Gasteiger partial charge in [0.1, 0.15) is 0 Å². The molecule has 0 fully saturated rings. The minimum absolute atomic E-state index is 0.0366. The predicted octanol–water partition coefficient (Wildman–Crippen LogP) is 2.84. The molecule has 2 N–H and O–H groups in total. The van der Waals surface area contributed by atoms with E-state index in [1.54, 1.807) is 0 Å². The van der Waals surface area contributed by atoms with Crippen molar-refractivity contribution >= 4 is 17.5 Å². The van der Waals surface area contributed by atoms with Crippen LogP contribution in [0.15, 0.2) is 48.5 Å². The molecule has 1 atom stereocenters. The number of amides is 1. The first-order valence-corrected chi connectivity index (χ1v) is 7.43. The molecule has 0 aromatic heterocycles. The van der Waals surface area contributed by atoms with E-state index in [4.69, 9.17) is 11.6 Å². The van der Waals surface area contributed by atoms with Gasteiger partial charge in [0.15, 0.2) is 0 Å². The van der Waals surface area contributed by atoms with Gasteiger partial charge in [-0.3, -0.25) is 4.79 Å². The lowest BCUT2D eigenvalue weighted by atomic mass is 9.90. The van der Waals surface area contributed by atoms with Crippen LogP contribution in [0.2, 0.25) is 5.02 Å². The molecule has 2 aromatic rings. The highest BCUT2D eigenvalue weighted by molar-refractivity contribution is 6.31. The van der Waals surface area contributed by atoms with Crippen LogP contribution in [0.1, 0.15) is 22.6 Å². The maximum absolute atomic E-state index is 12.5. The van der Waals surface area contributed by atoms with Gasteiger partial charge in [-0.05, 0) is 22.8 Å². The number of hydrogen-bond donors (Lipinski definition) is 2. The van der Waals surface area contributed by atoms with Crippen LogP contribution in [-0.2, 0) is 17.9 Å². The number of fused-ring (bicyclic) bond motifs is 1. The quantitative estimate of drug-likeness (QED) is 0.915. The molecular formula is C17H17ClN2O. The Bertz CT molecular complexity index is 657. The topological polar surface area (TPSA) is 41.1 Å². The van der Waals surface area contributed by atoms with Gasteiger partial charge in [0.25, 0.3) is 0 Å². The van der Waals surface area contributed by atoms with Gasteiger partial charge in [0.2, 0.25) is 5.91 Å². The third-order valence-electron chi connectivity index (χ3n) is 3.82. The summed E-state index contributed by atoms with van der Waals surface area (Å²) >= 11 is 6.11. The highest BCUT2D eigenvalue weighted by Gasteiger charge is 2.25. The molecule has 1 aliphatic rings. The van der Waals surface area contributed by atoms with Crippen LogP contribution in [0, 0.1) is 0 Å². The number of hydrogen-bond acceptors (Lipinski definition) is 2. The van der Waals surface area contributed by atoms with Crippen molar-refractivity contribution in [3.8, 4) is 0 Å². The van der Waals surface area contributed by atoms with E-state index in [2.05, 4.69) is 16.7 Å². The largest absolute Gasteiger partial charge is 0.351 e. The Hall–Kier alpha value is -1.84. The lowest BCUT2D eigenvalue weighted by Gasteiger charge is -2.25. The van der Waals surface area contributed by atoms with Crippen LogP contribution in [0.25, 0.3) is 0 Å². The fourth-order valence-electron chi connectivity index (χ4n) is 2.68. The molecule has 0 bridgehead atoms. The van der Waals surface area contributed by atoms with E-state index in [-0.39, 0.29) is 11.8 Å². The predicted molar refractivity (Wildman–Crippen MR) is 84.2 cm³/mol. The summed E-state index contributed by atoms with van der Waals surface area (Å²) in [5, 5.41) is 6.96. The van der Waals surface area contributed by atoms with Crippen molar-refractivity contribution < 1.29 is 4.79 Å². The number of carbonyl (C=O) groups is 1. The standard InChI is InChI=1S/C17H17ClN2O/c18-16-8-4-2-6-13(16)10-20-17(21)15-11-19-9-12-5-1-3-7-14(12)15/h1-8,15,19H,9-11H2,(H,20,21).